The number of amides is 1. The number of amidine groups is 1. The number of phenolic OH excluding ortho intramolecular Hbond substituents is 2. The first-order valence-corrected chi connectivity index (χ1v) is 4.78. The summed E-state index contributed by atoms with van der Waals surface area (Å²) in [7, 11) is 1.68. The van der Waals surface area contributed by atoms with E-state index in [1.165, 1.54) is 24.4 Å². The Morgan fingerprint density at radius 3 is 2.47 bits per heavy atom. The molecule has 0 saturated carbocycles. The fourth-order valence-corrected chi connectivity index (χ4v) is 1.11. The van der Waals surface area contributed by atoms with Gasteiger partial charge in [0, 0.05) is 18.7 Å². The Hall–Kier alpha value is -2.50. The van der Waals surface area contributed by atoms with Gasteiger partial charge in [-0.2, -0.15) is 4.99 Å². The molecule has 0 spiro atoms. The lowest BCUT2D eigenvalue weighted by Gasteiger charge is -1.99. The van der Waals surface area contributed by atoms with E-state index in [2.05, 4.69) is 10.3 Å². The van der Waals surface area contributed by atoms with Crippen molar-refractivity contribution in [3.05, 3.63) is 36.0 Å². The highest BCUT2D eigenvalue weighted by atomic mass is 16.3. The van der Waals surface area contributed by atoms with Crippen molar-refractivity contribution in [3.8, 4) is 11.5 Å². The van der Waals surface area contributed by atoms with E-state index >= 15 is 0 Å². The molecule has 5 N–H and O–H groups in total. The van der Waals surface area contributed by atoms with Gasteiger partial charge in [0.1, 0.15) is 17.3 Å². The largest absolute Gasteiger partial charge is 0.508 e. The zero-order valence-corrected chi connectivity index (χ0v) is 9.21. The van der Waals surface area contributed by atoms with Gasteiger partial charge in [0.05, 0.1) is 0 Å². The third-order valence-electron chi connectivity index (χ3n) is 1.80. The molecule has 6 heteroatoms. The van der Waals surface area contributed by atoms with Gasteiger partial charge in [-0.25, -0.2) is 0 Å². The van der Waals surface area contributed by atoms with E-state index in [4.69, 9.17) is 5.73 Å². The van der Waals surface area contributed by atoms with Gasteiger partial charge >= 0.3 is 0 Å². The number of hydrogen-bond donors (Lipinski definition) is 4. The molecule has 6 nitrogen and oxygen atoms in total. The van der Waals surface area contributed by atoms with Crippen LogP contribution in [0.1, 0.15) is 10.4 Å². The summed E-state index contributed by atoms with van der Waals surface area (Å²) in [6, 6.07) is 3.51. The average molecular weight is 235 g/mol. The standard InChI is InChI=1S/C11H13N3O3/c1-13-3-2-10(12)14-11(17)7-4-8(15)6-9(16)5-7/h2-6,13,15-16H,1H3,(H2,12,14,17)/b3-2-. The Kier molecular flexibility index (Phi) is 4.10. The Morgan fingerprint density at radius 2 is 1.94 bits per heavy atom. The van der Waals surface area contributed by atoms with Crippen molar-refractivity contribution in [2.45, 2.75) is 0 Å². The summed E-state index contributed by atoms with van der Waals surface area (Å²) in [5.41, 5.74) is 5.51. The number of carbonyl (C=O) groups is 1. The highest BCUT2D eigenvalue weighted by Crippen LogP contribution is 2.20. The molecule has 0 unspecified atom stereocenters. The minimum absolute atomic E-state index is 0.0205. The van der Waals surface area contributed by atoms with E-state index in [1.54, 1.807) is 7.05 Å². The minimum atomic E-state index is -0.644. The molecule has 17 heavy (non-hydrogen) atoms. The summed E-state index contributed by atoms with van der Waals surface area (Å²) >= 11 is 0. The first kappa shape index (κ1) is 12.6. The average Bonchev–Trinajstić information content (AvgIpc) is 2.25. The van der Waals surface area contributed by atoms with E-state index < -0.39 is 5.91 Å². The summed E-state index contributed by atoms with van der Waals surface area (Å²) in [5, 5.41) is 21.1. The molecule has 0 saturated heterocycles. The molecule has 1 aromatic rings. The molecule has 0 aromatic heterocycles. The van der Waals surface area contributed by atoms with Gasteiger partial charge in [-0.05, 0) is 24.4 Å². The fraction of sp³-hybridized carbons (Fsp3) is 0.0909. The van der Waals surface area contributed by atoms with Gasteiger partial charge in [-0.3, -0.25) is 4.79 Å². The number of carbonyl (C=O) groups excluding carboxylic acids is 1. The molecular formula is C11H13N3O3. The van der Waals surface area contributed by atoms with Crippen LogP contribution in [0.5, 0.6) is 11.5 Å². The van der Waals surface area contributed by atoms with Crippen molar-refractivity contribution in [1.82, 2.24) is 5.32 Å². The van der Waals surface area contributed by atoms with Gasteiger partial charge in [-0.1, -0.05) is 0 Å². The first-order valence-electron chi connectivity index (χ1n) is 4.78. The van der Waals surface area contributed by atoms with Crippen LogP contribution in [-0.2, 0) is 0 Å². The van der Waals surface area contributed by atoms with Gasteiger partial charge in [0.25, 0.3) is 5.91 Å². The van der Waals surface area contributed by atoms with Crippen LogP contribution in [0.4, 0.5) is 0 Å². The zero-order chi connectivity index (χ0) is 12.8. The van der Waals surface area contributed by atoms with Crippen molar-refractivity contribution in [1.29, 1.82) is 0 Å². The smallest absolute Gasteiger partial charge is 0.279 e. The van der Waals surface area contributed by atoms with E-state index in [1.807, 2.05) is 0 Å². The molecule has 0 aliphatic carbocycles. The second-order valence-corrected chi connectivity index (χ2v) is 3.20. The molecule has 90 valence electrons. The number of aromatic hydroxyl groups is 2. The van der Waals surface area contributed by atoms with E-state index in [0.717, 1.165) is 6.07 Å². The minimum Gasteiger partial charge on any atom is -0.508 e. The zero-order valence-electron chi connectivity index (χ0n) is 9.21. The van der Waals surface area contributed by atoms with Crippen LogP contribution in [-0.4, -0.2) is 29.0 Å². The van der Waals surface area contributed by atoms with Crippen molar-refractivity contribution >= 4 is 11.7 Å². The van der Waals surface area contributed by atoms with Gasteiger partial charge in [0.2, 0.25) is 0 Å². The Bertz CT molecular complexity index is 461. The van der Waals surface area contributed by atoms with Gasteiger partial charge in [-0.15, -0.1) is 0 Å². The highest BCUT2D eigenvalue weighted by molar-refractivity contribution is 6.06. The predicted octanol–water partition coefficient (Wildman–Crippen LogP) is 0.328. The Balaban J connectivity index is 2.93. The number of nitrogens with zero attached hydrogens (tertiary/aromatic N) is 1. The van der Waals surface area contributed by atoms with Crippen LogP contribution in [0.15, 0.2) is 35.5 Å². The molecule has 1 aromatic carbocycles. The van der Waals surface area contributed by atoms with Crippen molar-refractivity contribution in [2.24, 2.45) is 10.7 Å². The summed E-state index contributed by atoms with van der Waals surface area (Å²) < 4.78 is 0. The quantitative estimate of drug-likeness (QED) is 0.446. The third-order valence-corrected chi connectivity index (χ3v) is 1.80. The first-order chi connectivity index (χ1) is 8.02. The number of benzene rings is 1. The number of nitrogens with two attached hydrogens (primary N) is 1. The lowest BCUT2D eigenvalue weighted by atomic mass is 10.2. The molecule has 0 radical (unpaired) electrons. The second-order valence-electron chi connectivity index (χ2n) is 3.20. The third kappa shape index (κ3) is 3.86. The molecule has 1 rings (SSSR count). The maximum absolute atomic E-state index is 11.6. The maximum atomic E-state index is 11.6. The summed E-state index contributed by atoms with van der Waals surface area (Å²) in [6.45, 7) is 0. The van der Waals surface area contributed by atoms with Crippen LogP contribution < -0.4 is 11.1 Å². The molecule has 0 bridgehead atoms. The summed E-state index contributed by atoms with van der Waals surface area (Å²) in [6.07, 6.45) is 2.94. The second kappa shape index (κ2) is 5.55. The number of aliphatic imine (C=N–C) groups is 1. The van der Waals surface area contributed by atoms with Crippen LogP contribution in [0.2, 0.25) is 0 Å². The molecule has 0 atom stereocenters. The van der Waals surface area contributed by atoms with Crippen LogP contribution in [0.3, 0.4) is 0 Å². The highest BCUT2D eigenvalue weighted by Gasteiger charge is 2.07. The van der Waals surface area contributed by atoms with Crippen LogP contribution in [0, 0.1) is 0 Å². The molecular weight excluding hydrogens is 222 g/mol. The lowest BCUT2D eigenvalue weighted by Crippen LogP contribution is -2.12. The van der Waals surface area contributed by atoms with E-state index in [9.17, 15) is 15.0 Å². The lowest BCUT2D eigenvalue weighted by molar-refractivity contribution is 0.100. The Labute approximate surface area is 98.1 Å². The van der Waals surface area contributed by atoms with Crippen molar-refractivity contribution in [3.63, 3.8) is 0 Å². The monoisotopic (exact) mass is 235 g/mol. The fourth-order valence-electron chi connectivity index (χ4n) is 1.11. The number of rotatable bonds is 3. The molecule has 0 heterocycles. The topological polar surface area (TPSA) is 108 Å². The SMILES string of the molecule is CN/C=C\C(N)=NC(=O)c1cc(O)cc(O)c1. The van der Waals surface area contributed by atoms with E-state index in [-0.39, 0.29) is 22.9 Å². The molecule has 1 amide bonds. The van der Waals surface area contributed by atoms with Crippen molar-refractivity contribution < 1.29 is 15.0 Å². The number of hydrogen-bond acceptors (Lipinski definition) is 4. The van der Waals surface area contributed by atoms with Crippen LogP contribution >= 0.6 is 0 Å². The number of phenols is 2. The van der Waals surface area contributed by atoms with Crippen LogP contribution in [0.25, 0.3) is 0 Å². The predicted molar refractivity (Wildman–Crippen MR) is 63.9 cm³/mol. The Morgan fingerprint density at radius 1 is 1.35 bits per heavy atom. The van der Waals surface area contributed by atoms with E-state index in [0.29, 0.717) is 0 Å². The maximum Gasteiger partial charge on any atom is 0.279 e. The summed E-state index contributed by atoms with van der Waals surface area (Å²) in [4.78, 5) is 15.2. The molecule has 0 aliphatic rings. The normalized spacial score (nSPS) is 11.7. The van der Waals surface area contributed by atoms with Gasteiger partial charge in [0.15, 0.2) is 0 Å². The van der Waals surface area contributed by atoms with Crippen molar-refractivity contribution in [2.75, 3.05) is 7.05 Å². The van der Waals surface area contributed by atoms with Gasteiger partial charge < -0.3 is 21.3 Å². The summed E-state index contributed by atoms with van der Waals surface area (Å²) in [5.74, 6) is -1.05. The number of nitrogens with one attached hydrogen (secondary N) is 1. The molecule has 0 aliphatic heterocycles. The molecule has 0 fully saturated rings.